The Hall–Kier alpha value is -5.90. The zero-order chi connectivity index (χ0) is 30.7. The fourth-order valence-corrected chi connectivity index (χ4v) is 5.01. The molecule has 0 bridgehead atoms. The third-order valence-corrected chi connectivity index (χ3v) is 7.23. The highest BCUT2D eigenvalue weighted by Gasteiger charge is 2.21. The van der Waals surface area contributed by atoms with Gasteiger partial charge in [-0.15, -0.1) is 0 Å². The zero-order valence-electron chi connectivity index (χ0n) is 22.5. The molecule has 43 heavy (non-hydrogen) atoms. The van der Waals surface area contributed by atoms with Gasteiger partial charge in [-0.3, -0.25) is 35.8 Å². The minimum Gasteiger partial charge on any atom is -0.454 e. The molecule has 0 aliphatic carbocycles. The van der Waals surface area contributed by atoms with E-state index in [1.807, 2.05) is 0 Å². The van der Waals surface area contributed by atoms with Gasteiger partial charge in [0.1, 0.15) is 17.1 Å². The van der Waals surface area contributed by atoms with Crippen molar-refractivity contribution in [3.8, 4) is 11.5 Å². The van der Waals surface area contributed by atoms with E-state index in [-0.39, 0.29) is 23.9 Å². The van der Waals surface area contributed by atoms with Crippen LogP contribution < -0.4 is 20.2 Å². The number of allylic oxidation sites excluding steroid dienone is 1. The molecular weight excluding hydrogens is 582 g/mol. The number of aromatic nitrogens is 1. The van der Waals surface area contributed by atoms with Crippen molar-refractivity contribution < 1.29 is 24.2 Å². The summed E-state index contributed by atoms with van der Waals surface area (Å²) in [5.41, 5.74) is 4.05. The maximum atomic E-state index is 11.6. The molecule has 0 unspecified atom stereocenters. The molecule has 2 N–H and O–H groups in total. The van der Waals surface area contributed by atoms with Crippen molar-refractivity contribution in [3.63, 3.8) is 0 Å². The second kappa shape index (κ2) is 11.9. The van der Waals surface area contributed by atoms with E-state index in [1.165, 1.54) is 12.1 Å². The smallest absolute Gasteiger partial charge is 0.301 e. The van der Waals surface area contributed by atoms with Gasteiger partial charge in [0, 0.05) is 12.1 Å². The fraction of sp³-hybridized carbons (Fsp3) is 0.111. The minimum absolute atomic E-state index is 0.0691. The average Bonchev–Trinajstić information content (AvgIpc) is 3.59. The van der Waals surface area contributed by atoms with Gasteiger partial charge in [0.15, 0.2) is 16.6 Å². The maximum Gasteiger partial charge on any atom is 0.301 e. The van der Waals surface area contributed by atoms with Crippen LogP contribution in [0.25, 0.3) is 6.08 Å². The number of hydrazone groups is 1. The van der Waals surface area contributed by atoms with E-state index in [4.69, 9.17) is 9.47 Å². The highest BCUT2D eigenvalue weighted by Crippen LogP contribution is 2.35. The lowest BCUT2D eigenvalue weighted by Crippen LogP contribution is -2.03. The van der Waals surface area contributed by atoms with E-state index in [0.717, 1.165) is 34.6 Å². The molecule has 1 aliphatic rings. The van der Waals surface area contributed by atoms with Gasteiger partial charge in [0.2, 0.25) is 6.79 Å². The molecule has 3 aromatic carbocycles. The Kier molecular flexibility index (Phi) is 7.93. The van der Waals surface area contributed by atoms with Crippen LogP contribution in [0.4, 0.5) is 33.6 Å². The predicted octanol–water partition coefficient (Wildman–Crippen LogP) is 6.49. The minimum atomic E-state index is -0.749. The topological polar surface area (TPSA) is 197 Å². The zero-order valence-corrected chi connectivity index (χ0v) is 23.3. The lowest BCUT2D eigenvalue weighted by molar-refractivity contribution is -0.393. The van der Waals surface area contributed by atoms with Gasteiger partial charge in [-0.25, -0.2) is 4.98 Å². The van der Waals surface area contributed by atoms with Crippen LogP contribution in [0.1, 0.15) is 21.7 Å². The first-order valence-corrected chi connectivity index (χ1v) is 13.2. The lowest BCUT2D eigenvalue weighted by atomic mass is 10.1. The van der Waals surface area contributed by atoms with Crippen molar-refractivity contribution in [2.45, 2.75) is 13.8 Å². The SMILES string of the molecule is Cc1ccc(Nc2nc(C)c(/C(C=Cc3ccc4c(c3)OCO4)=N\Nc3ccc([N+](=O)[O-])cc3[N+](=O)[O-])s2)c([N+](=O)[O-])c1. The first-order valence-electron chi connectivity index (χ1n) is 12.4. The number of thiazole rings is 1. The van der Waals surface area contributed by atoms with Crippen LogP contribution in [0, 0.1) is 44.2 Å². The third-order valence-electron chi connectivity index (χ3n) is 6.14. The van der Waals surface area contributed by atoms with Gasteiger partial charge in [-0.2, -0.15) is 5.10 Å². The number of benzene rings is 3. The Morgan fingerprint density at radius 1 is 0.907 bits per heavy atom. The van der Waals surface area contributed by atoms with Crippen molar-refractivity contribution in [3.05, 3.63) is 113 Å². The molecule has 4 aromatic rings. The van der Waals surface area contributed by atoms with E-state index >= 15 is 0 Å². The molecule has 0 spiro atoms. The first-order chi connectivity index (χ1) is 20.6. The van der Waals surface area contributed by atoms with Crippen LogP contribution in [0.2, 0.25) is 0 Å². The highest BCUT2D eigenvalue weighted by atomic mass is 32.1. The number of hydrogen-bond acceptors (Lipinski definition) is 13. The molecule has 1 aromatic heterocycles. The number of anilines is 3. The molecule has 0 radical (unpaired) electrons. The van der Waals surface area contributed by atoms with Crippen molar-refractivity contribution in [1.82, 2.24) is 4.98 Å². The Morgan fingerprint density at radius 3 is 2.37 bits per heavy atom. The quantitative estimate of drug-likeness (QED) is 0.114. The van der Waals surface area contributed by atoms with E-state index < -0.39 is 26.1 Å². The van der Waals surface area contributed by atoms with Crippen LogP contribution in [-0.4, -0.2) is 32.3 Å². The van der Waals surface area contributed by atoms with Crippen molar-refractivity contribution in [1.29, 1.82) is 0 Å². The molecule has 1 aliphatic heterocycles. The Balaban J connectivity index is 1.52. The molecule has 15 nitrogen and oxygen atoms in total. The molecule has 0 atom stereocenters. The van der Waals surface area contributed by atoms with E-state index in [1.54, 1.807) is 56.3 Å². The van der Waals surface area contributed by atoms with E-state index in [0.29, 0.717) is 32.9 Å². The van der Waals surface area contributed by atoms with Gasteiger partial charge in [0.05, 0.1) is 31.4 Å². The van der Waals surface area contributed by atoms with E-state index in [9.17, 15) is 30.3 Å². The molecule has 0 saturated heterocycles. The predicted molar refractivity (Wildman–Crippen MR) is 159 cm³/mol. The molecule has 2 heterocycles. The monoisotopic (exact) mass is 603 g/mol. The number of nitrogens with zero attached hydrogens (tertiary/aromatic N) is 5. The molecule has 0 fully saturated rings. The van der Waals surface area contributed by atoms with Gasteiger partial charge in [0.25, 0.3) is 11.4 Å². The fourth-order valence-electron chi connectivity index (χ4n) is 4.06. The van der Waals surface area contributed by atoms with Gasteiger partial charge in [-0.1, -0.05) is 29.5 Å². The molecule has 0 saturated carbocycles. The Morgan fingerprint density at radius 2 is 1.63 bits per heavy atom. The summed E-state index contributed by atoms with van der Waals surface area (Å²) < 4.78 is 10.8. The standard InChI is InChI=1S/C27H21N7O8S/c1-15-3-7-19(22(11-15)33(37)38)29-27-28-16(2)26(43-27)21(8-4-17-5-10-24-25(12-17)42-14-41-24)31-30-20-9-6-18(32(35)36)13-23(20)34(39)40/h3-13,30H,14H2,1-2H3,(H,28,29)/b8-4?,31-21-. The summed E-state index contributed by atoms with van der Waals surface area (Å²) in [5.74, 6) is 1.18. The molecule has 5 rings (SSSR count). The summed E-state index contributed by atoms with van der Waals surface area (Å²) in [5, 5.41) is 42.1. The Labute approximate surface area is 246 Å². The second-order valence-corrected chi connectivity index (χ2v) is 10.1. The van der Waals surface area contributed by atoms with Crippen molar-refractivity contribution >= 4 is 56.7 Å². The number of non-ortho nitro benzene ring substituents is 1. The number of aryl methyl sites for hydroxylation is 2. The van der Waals surface area contributed by atoms with Crippen molar-refractivity contribution in [2.24, 2.45) is 5.10 Å². The van der Waals surface area contributed by atoms with Gasteiger partial charge < -0.3 is 14.8 Å². The van der Waals surface area contributed by atoms with Crippen molar-refractivity contribution in [2.75, 3.05) is 17.5 Å². The summed E-state index contributed by atoms with van der Waals surface area (Å²) >= 11 is 1.16. The average molecular weight is 604 g/mol. The summed E-state index contributed by atoms with van der Waals surface area (Å²) in [6, 6.07) is 13.3. The summed E-state index contributed by atoms with van der Waals surface area (Å²) in [6.07, 6.45) is 3.39. The third kappa shape index (κ3) is 6.38. The number of rotatable bonds is 10. The number of nitro benzene ring substituents is 3. The van der Waals surface area contributed by atoms with Crippen LogP contribution >= 0.6 is 11.3 Å². The second-order valence-electron chi connectivity index (χ2n) is 9.11. The summed E-state index contributed by atoms with van der Waals surface area (Å²) in [7, 11) is 0. The summed E-state index contributed by atoms with van der Waals surface area (Å²) in [6.45, 7) is 3.58. The summed E-state index contributed by atoms with van der Waals surface area (Å²) in [4.78, 5) is 37.5. The molecule has 218 valence electrons. The largest absolute Gasteiger partial charge is 0.454 e. The number of ether oxygens (including phenoxy) is 2. The highest BCUT2D eigenvalue weighted by molar-refractivity contribution is 7.18. The van der Waals surface area contributed by atoms with Crippen LogP contribution in [-0.2, 0) is 0 Å². The van der Waals surface area contributed by atoms with Gasteiger partial charge in [-0.05, 0) is 55.3 Å². The normalized spacial score (nSPS) is 12.4. The maximum absolute atomic E-state index is 11.6. The number of fused-ring (bicyclic) bond motifs is 1. The van der Waals surface area contributed by atoms with Crippen LogP contribution in [0.3, 0.4) is 0 Å². The lowest BCUT2D eigenvalue weighted by Gasteiger charge is -2.05. The Bertz CT molecular complexity index is 1840. The van der Waals surface area contributed by atoms with Crippen LogP contribution in [0.15, 0.2) is 65.8 Å². The number of hydrogen-bond donors (Lipinski definition) is 2. The molecule has 0 amide bonds. The molecular formula is C27H21N7O8S. The first kappa shape index (κ1) is 28.6. The van der Waals surface area contributed by atoms with Crippen LogP contribution in [0.5, 0.6) is 11.5 Å². The number of nitrogens with one attached hydrogen (secondary N) is 2. The van der Waals surface area contributed by atoms with E-state index in [2.05, 4.69) is 20.8 Å². The number of nitro groups is 3. The molecule has 16 heteroatoms. The van der Waals surface area contributed by atoms with Gasteiger partial charge >= 0.3 is 5.69 Å².